The van der Waals surface area contributed by atoms with Crippen LogP contribution in [0.15, 0.2) is 12.4 Å². The highest BCUT2D eigenvalue weighted by molar-refractivity contribution is 9.10. The third kappa shape index (κ3) is 4.76. The molecule has 0 spiro atoms. The number of rotatable bonds is 7. The first-order valence-corrected chi connectivity index (χ1v) is 6.99. The summed E-state index contributed by atoms with van der Waals surface area (Å²) in [7, 11) is 0. The summed E-state index contributed by atoms with van der Waals surface area (Å²) in [4.78, 5) is 11.6. The minimum Gasteiger partial charge on any atom is -0.322 e. The lowest BCUT2D eigenvalue weighted by atomic mass is 10.1. The van der Waals surface area contributed by atoms with E-state index >= 15 is 0 Å². The molecule has 0 bridgehead atoms. The van der Waals surface area contributed by atoms with E-state index in [2.05, 4.69) is 26.3 Å². The van der Waals surface area contributed by atoms with Gasteiger partial charge >= 0.3 is 0 Å². The average molecular weight is 320 g/mol. The number of anilines is 1. The Labute approximate surface area is 115 Å². The fourth-order valence-corrected chi connectivity index (χ4v) is 1.55. The van der Waals surface area contributed by atoms with E-state index in [1.165, 1.54) is 0 Å². The Kier molecular flexibility index (Phi) is 6.32. The number of aryl methyl sites for hydroxylation is 1. The summed E-state index contributed by atoms with van der Waals surface area (Å²) in [5, 5.41) is 6.90. The van der Waals surface area contributed by atoms with E-state index in [9.17, 15) is 9.18 Å². The Morgan fingerprint density at radius 1 is 1.56 bits per heavy atom. The number of carbonyl (C=O) groups excluding carboxylic acids is 1. The Balaban J connectivity index is 2.46. The molecule has 0 aliphatic rings. The maximum Gasteiger partial charge on any atom is 0.238 e. The van der Waals surface area contributed by atoms with Crippen molar-refractivity contribution in [2.75, 3.05) is 12.0 Å². The Morgan fingerprint density at radius 2 is 2.28 bits per heavy atom. The Hall–Kier alpha value is -0.910. The number of aromatic nitrogens is 2. The molecule has 18 heavy (non-hydrogen) atoms. The van der Waals surface area contributed by atoms with Crippen molar-refractivity contribution in [3.05, 3.63) is 12.4 Å². The maximum absolute atomic E-state index is 11.9. The first-order valence-electron chi connectivity index (χ1n) is 6.08. The monoisotopic (exact) mass is 319 g/mol. The molecule has 102 valence electrons. The smallest absolute Gasteiger partial charge is 0.238 e. The number of halogens is 2. The minimum atomic E-state index is -0.301. The minimum absolute atomic E-state index is 0.0756. The molecule has 1 aromatic heterocycles. The quantitative estimate of drug-likeness (QED) is 0.620. The number of unbranched alkanes of at least 4 members (excludes halogenated alkanes) is 1. The molecule has 4 nitrogen and oxygen atoms in total. The van der Waals surface area contributed by atoms with Crippen molar-refractivity contribution in [1.29, 1.82) is 0 Å². The van der Waals surface area contributed by atoms with E-state index in [4.69, 9.17) is 0 Å². The SMILES string of the molecule is CC(C)C(Br)C(=O)Nc1cnn(CCCCF)c1. The molecule has 0 aliphatic heterocycles. The molecular weight excluding hydrogens is 301 g/mol. The van der Waals surface area contributed by atoms with Gasteiger partial charge in [-0.05, 0) is 18.8 Å². The summed E-state index contributed by atoms with van der Waals surface area (Å²) < 4.78 is 13.7. The maximum atomic E-state index is 11.9. The third-order valence-corrected chi connectivity index (χ3v) is 3.98. The highest BCUT2D eigenvalue weighted by atomic mass is 79.9. The number of hydrogen-bond donors (Lipinski definition) is 1. The van der Waals surface area contributed by atoms with E-state index in [-0.39, 0.29) is 23.3 Å². The molecule has 1 N–H and O–H groups in total. The second-order valence-corrected chi connectivity index (χ2v) is 5.51. The van der Waals surface area contributed by atoms with Crippen LogP contribution in [-0.2, 0) is 11.3 Å². The number of alkyl halides is 2. The topological polar surface area (TPSA) is 46.9 Å². The molecule has 1 amide bonds. The molecular formula is C12H19BrFN3O. The number of carbonyl (C=O) groups is 1. The molecule has 1 aromatic rings. The molecule has 6 heteroatoms. The standard InChI is InChI=1S/C12H19BrFN3O/c1-9(2)11(13)12(18)16-10-7-15-17(8-10)6-4-3-5-14/h7-9,11H,3-6H2,1-2H3,(H,16,18). The zero-order valence-corrected chi connectivity index (χ0v) is 12.3. The summed E-state index contributed by atoms with van der Waals surface area (Å²) in [6.45, 7) is 4.31. The second-order valence-electron chi connectivity index (χ2n) is 4.52. The number of hydrogen-bond acceptors (Lipinski definition) is 2. The van der Waals surface area contributed by atoms with Gasteiger partial charge in [0.2, 0.25) is 5.91 Å². The zero-order chi connectivity index (χ0) is 13.5. The van der Waals surface area contributed by atoms with Crippen LogP contribution in [0.25, 0.3) is 0 Å². The van der Waals surface area contributed by atoms with Crippen LogP contribution in [0.5, 0.6) is 0 Å². The highest BCUT2D eigenvalue weighted by Crippen LogP contribution is 2.15. The van der Waals surface area contributed by atoms with Gasteiger partial charge in [0.15, 0.2) is 0 Å². The summed E-state index contributed by atoms with van der Waals surface area (Å²) in [5.74, 6) is 0.151. The van der Waals surface area contributed by atoms with Crippen LogP contribution in [-0.4, -0.2) is 27.2 Å². The van der Waals surface area contributed by atoms with E-state index < -0.39 is 0 Å². The molecule has 0 aromatic carbocycles. The molecule has 0 saturated carbocycles. The van der Waals surface area contributed by atoms with Crippen molar-refractivity contribution >= 4 is 27.5 Å². The van der Waals surface area contributed by atoms with Crippen LogP contribution in [0.1, 0.15) is 26.7 Å². The van der Waals surface area contributed by atoms with Gasteiger partial charge in [0.05, 0.1) is 23.4 Å². The molecule has 1 unspecified atom stereocenters. The number of nitrogens with one attached hydrogen (secondary N) is 1. The highest BCUT2D eigenvalue weighted by Gasteiger charge is 2.18. The Morgan fingerprint density at radius 3 is 2.89 bits per heavy atom. The summed E-state index contributed by atoms with van der Waals surface area (Å²) in [6.07, 6.45) is 4.65. The fourth-order valence-electron chi connectivity index (χ4n) is 1.43. The molecule has 0 aliphatic carbocycles. The van der Waals surface area contributed by atoms with Gasteiger partial charge in [-0.25, -0.2) is 0 Å². The van der Waals surface area contributed by atoms with E-state index in [0.717, 1.165) is 6.42 Å². The van der Waals surface area contributed by atoms with Gasteiger partial charge in [-0.15, -0.1) is 0 Å². The second kappa shape index (κ2) is 7.51. The van der Waals surface area contributed by atoms with Gasteiger partial charge in [0, 0.05) is 12.7 Å². The average Bonchev–Trinajstić information content (AvgIpc) is 2.76. The van der Waals surface area contributed by atoms with Crippen molar-refractivity contribution < 1.29 is 9.18 Å². The van der Waals surface area contributed by atoms with Crippen LogP contribution in [0.2, 0.25) is 0 Å². The summed E-state index contributed by atoms with van der Waals surface area (Å²) in [5.41, 5.74) is 0.672. The van der Waals surface area contributed by atoms with Gasteiger partial charge < -0.3 is 5.32 Å². The van der Waals surface area contributed by atoms with Gasteiger partial charge in [-0.3, -0.25) is 13.9 Å². The molecule has 1 heterocycles. The molecule has 1 rings (SSSR count). The fraction of sp³-hybridized carbons (Fsp3) is 0.667. The number of nitrogens with zero attached hydrogens (tertiary/aromatic N) is 2. The normalized spacial score (nSPS) is 12.7. The first kappa shape index (κ1) is 15.1. The van der Waals surface area contributed by atoms with Crippen molar-refractivity contribution in [2.24, 2.45) is 5.92 Å². The lowest BCUT2D eigenvalue weighted by molar-refractivity contribution is -0.116. The molecule has 0 radical (unpaired) electrons. The third-order valence-electron chi connectivity index (χ3n) is 2.51. The van der Waals surface area contributed by atoms with Crippen molar-refractivity contribution in [1.82, 2.24) is 9.78 Å². The largest absolute Gasteiger partial charge is 0.322 e. The summed E-state index contributed by atoms with van der Waals surface area (Å²) >= 11 is 3.34. The van der Waals surface area contributed by atoms with Crippen LogP contribution < -0.4 is 5.32 Å². The van der Waals surface area contributed by atoms with Crippen LogP contribution in [0, 0.1) is 5.92 Å². The molecule has 1 atom stereocenters. The molecule has 0 saturated heterocycles. The van der Waals surface area contributed by atoms with Crippen molar-refractivity contribution in [3.63, 3.8) is 0 Å². The zero-order valence-electron chi connectivity index (χ0n) is 10.7. The predicted molar refractivity (Wildman–Crippen MR) is 73.6 cm³/mol. The Bertz CT molecular complexity index is 381. The van der Waals surface area contributed by atoms with E-state index in [1.807, 2.05) is 13.8 Å². The number of amides is 1. The van der Waals surface area contributed by atoms with E-state index in [1.54, 1.807) is 17.1 Å². The van der Waals surface area contributed by atoms with Gasteiger partial charge in [-0.1, -0.05) is 29.8 Å². The van der Waals surface area contributed by atoms with Crippen molar-refractivity contribution in [2.45, 2.75) is 38.1 Å². The van der Waals surface area contributed by atoms with Gasteiger partial charge in [-0.2, -0.15) is 5.10 Å². The van der Waals surface area contributed by atoms with Crippen LogP contribution >= 0.6 is 15.9 Å². The first-order chi connectivity index (χ1) is 8.54. The summed E-state index contributed by atoms with van der Waals surface area (Å²) in [6, 6.07) is 0. The lowest BCUT2D eigenvalue weighted by Gasteiger charge is -2.12. The predicted octanol–water partition coefficient (Wildman–Crippen LogP) is 2.99. The van der Waals surface area contributed by atoms with Crippen molar-refractivity contribution in [3.8, 4) is 0 Å². The molecule has 0 fully saturated rings. The lowest BCUT2D eigenvalue weighted by Crippen LogP contribution is -2.26. The van der Waals surface area contributed by atoms with Crippen LogP contribution in [0.4, 0.5) is 10.1 Å². The van der Waals surface area contributed by atoms with E-state index in [0.29, 0.717) is 18.7 Å². The van der Waals surface area contributed by atoms with Gasteiger partial charge in [0.25, 0.3) is 0 Å². The van der Waals surface area contributed by atoms with Crippen LogP contribution in [0.3, 0.4) is 0 Å². The van der Waals surface area contributed by atoms with Gasteiger partial charge in [0.1, 0.15) is 0 Å².